The topological polar surface area (TPSA) is 128 Å². The van der Waals surface area contributed by atoms with Gasteiger partial charge in [0, 0.05) is 31.3 Å². The Morgan fingerprint density at radius 3 is 2.59 bits per heavy atom. The summed E-state index contributed by atoms with van der Waals surface area (Å²) < 4.78 is 40.9. The van der Waals surface area contributed by atoms with E-state index in [1.807, 2.05) is 24.3 Å². The molecule has 0 aliphatic rings. The van der Waals surface area contributed by atoms with Gasteiger partial charge < -0.3 is 14.6 Å². The van der Waals surface area contributed by atoms with Gasteiger partial charge in [0.1, 0.15) is 10.6 Å². The first kappa shape index (κ1) is 25.4. The maximum atomic E-state index is 12.8. The molecule has 10 nitrogen and oxygen atoms in total. The minimum atomic E-state index is -3.96. The van der Waals surface area contributed by atoms with Crippen LogP contribution in [0.1, 0.15) is 34.1 Å². The van der Waals surface area contributed by atoms with Crippen LogP contribution in [0.15, 0.2) is 47.6 Å². The number of hydrogen-bond donors (Lipinski definition) is 2. The summed E-state index contributed by atoms with van der Waals surface area (Å²) in [5.74, 6) is 1.07. The molecule has 184 valence electrons. The molecule has 0 amide bonds. The first-order chi connectivity index (χ1) is 15.9. The Morgan fingerprint density at radius 1 is 1.18 bits per heavy atom. The number of ether oxygens (including phenoxy) is 2. The Labute approximate surface area is 200 Å². The third-order valence-electron chi connectivity index (χ3n) is 4.60. The van der Waals surface area contributed by atoms with E-state index in [1.54, 1.807) is 27.0 Å². The van der Waals surface area contributed by atoms with Crippen LogP contribution in [-0.2, 0) is 17.1 Å². The molecule has 0 atom stereocenters. The molecule has 0 aliphatic heterocycles. The second-order valence-corrected chi connectivity index (χ2v) is 10.7. The minimum Gasteiger partial charge on any atom is -0.493 e. The zero-order valence-corrected chi connectivity index (χ0v) is 20.8. The van der Waals surface area contributed by atoms with Crippen molar-refractivity contribution in [1.82, 2.24) is 19.7 Å². The molecule has 3 rings (SSSR count). The van der Waals surface area contributed by atoms with Crippen molar-refractivity contribution in [2.24, 2.45) is 13.0 Å². The Balaban J connectivity index is 1.93. The summed E-state index contributed by atoms with van der Waals surface area (Å²) >= 11 is 0. The highest BCUT2D eigenvalue weighted by Gasteiger charge is 2.20. The van der Waals surface area contributed by atoms with E-state index in [2.05, 4.69) is 33.6 Å². The SMILES string of the molecule is CC(C)COc1cccc(-c2cc(OCCC(C)(C)O)nc(NS(=O)(=O)c3cnn(C)c3)n2)c1. The molecule has 0 aliphatic carbocycles. The van der Waals surface area contributed by atoms with Gasteiger partial charge in [0.2, 0.25) is 11.8 Å². The van der Waals surface area contributed by atoms with E-state index in [9.17, 15) is 13.5 Å². The third kappa shape index (κ3) is 7.42. The van der Waals surface area contributed by atoms with Gasteiger partial charge in [-0.2, -0.15) is 10.1 Å². The summed E-state index contributed by atoms with van der Waals surface area (Å²) in [5, 5.41) is 13.9. The largest absolute Gasteiger partial charge is 0.493 e. The van der Waals surface area contributed by atoms with Gasteiger partial charge in [0.25, 0.3) is 10.0 Å². The van der Waals surface area contributed by atoms with Crippen LogP contribution >= 0.6 is 0 Å². The van der Waals surface area contributed by atoms with Gasteiger partial charge in [-0.15, -0.1) is 0 Å². The van der Waals surface area contributed by atoms with Gasteiger partial charge in [-0.25, -0.2) is 18.1 Å². The lowest BCUT2D eigenvalue weighted by Crippen LogP contribution is -2.22. The molecule has 34 heavy (non-hydrogen) atoms. The second kappa shape index (κ2) is 10.4. The van der Waals surface area contributed by atoms with Crippen LogP contribution in [0.4, 0.5) is 5.95 Å². The number of rotatable bonds is 11. The first-order valence-electron chi connectivity index (χ1n) is 10.9. The Bertz CT molecular complexity index is 1220. The van der Waals surface area contributed by atoms with Crippen molar-refractivity contribution >= 4 is 16.0 Å². The lowest BCUT2D eigenvalue weighted by Gasteiger charge is -2.17. The number of aryl methyl sites for hydroxylation is 1. The summed E-state index contributed by atoms with van der Waals surface area (Å²) in [6.07, 6.45) is 2.98. The van der Waals surface area contributed by atoms with E-state index in [1.165, 1.54) is 17.1 Å². The highest BCUT2D eigenvalue weighted by molar-refractivity contribution is 7.92. The quantitative estimate of drug-likeness (QED) is 0.420. The Hall–Kier alpha value is -3.18. The second-order valence-electron chi connectivity index (χ2n) is 9.01. The standard InChI is InChI=1S/C23H31N5O5S/c1-16(2)15-33-18-8-6-7-17(11-18)20-12-21(32-10-9-23(3,4)29)26-22(25-20)27-34(30,31)19-13-24-28(5)14-19/h6-8,11-14,16,29H,9-10,15H2,1-5H3,(H,25,26,27). The predicted octanol–water partition coefficient (Wildman–Crippen LogP) is 3.25. The molecule has 1 aromatic carbocycles. The van der Waals surface area contributed by atoms with E-state index < -0.39 is 15.6 Å². The fourth-order valence-corrected chi connectivity index (χ4v) is 3.75. The maximum absolute atomic E-state index is 12.8. The fraction of sp³-hybridized carbons (Fsp3) is 0.435. The third-order valence-corrected chi connectivity index (χ3v) is 5.88. The van der Waals surface area contributed by atoms with Crippen molar-refractivity contribution < 1.29 is 23.0 Å². The molecule has 0 unspecified atom stereocenters. The van der Waals surface area contributed by atoms with E-state index in [-0.39, 0.29) is 23.3 Å². The van der Waals surface area contributed by atoms with Gasteiger partial charge >= 0.3 is 0 Å². The van der Waals surface area contributed by atoms with Gasteiger partial charge in [0.15, 0.2) is 0 Å². The molecule has 2 N–H and O–H groups in total. The van der Waals surface area contributed by atoms with Crippen molar-refractivity contribution in [2.75, 3.05) is 17.9 Å². The van der Waals surface area contributed by atoms with Crippen LogP contribution in [0.5, 0.6) is 11.6 Å². The summed E-state index contributed by atoms with van der Waals surface area (Å²) in [6.45, 7) is 8.23. The Morgan fingerprint density at radius 2 is 1.94 bits per heavy atom. The first-order valence-corrected chi connectivity index (χ1v) is 12.4. The molecule has 3 aromatic rings. The molecule has 2 aromatic heterocycles. The highest BCUT2D eigenvalue weighted by Crippen LogP contribution is 2.27. The molecule has 2 heterocycles. The van der Waals surface area contributed by atoms with Crippen LogP contribution in [0, 0.1) is 5.92 Å². The smallest absolute Gasteiger partial charge is 0.267 e. The fourth-order valence-electron chi connectivity index (χ4n) is 2.82. The van der Waals surface area contributed by atoms with Gasteiger partial charge in [0.05, 0.1) is 30.7 Å². The molecule has 0 saturated carbocycles. The molecule has 0 radical (unpaired) electrons. The number of nitrogens with zero attached hydrogens (tertiary/aromatic N) is 4. The maximum Gasteiger partial charge on any atom is 0.267 e. The van der Waals surface area contributed by atoms with Crippen molar-refractivity contribution in [3.05, 3.63) is 42.7 Å². The molecule has 0 spiro atoms. The monoisotopic (exact) mass is 489 g/mol. The van der Waals surface area contributed by atoms with Crippen LogP contribution in [0.2, 0.25) is 0 Å². The van der Waals surface area contributed by atoms with E-state index >= 15 is 0 Å². The molecule has 0 saturated heterocycles. The van der Waals surface area contributed by atoms with E-state index in [0.717, 1.165) is 0 Å². The van der Waals surface area contributed by atoms with E-state index in [4.69, 9.17) is 9.47 Å². The zero-order valence-electron chi connectivity index (χ0n) is 20.0. The van der Waals surface area contributed by atoms with Crippen LogP contribution in [0.25, 0.3) is 11.3 Å². The van der Waals surface area contributed by atoms with Crippen molar-refractivity contribution in [3.63, 3.8) is 0 Å². The molecule has 11 heteroatoms. The minimum absolute atomic E-state index is 0.0161. The molecular weight excluding hydrogens is 458 g/mol. The predicted molar refractivity (Wildman–Crippen MR) is 128 cm³/mol. The van der Waals surface area contributed by atoms with Crippen molar-refractivity contribution in [3.8, 4) is 22.9 Å². The average Bonchev–Trinajstić information content (AvgIpc) is 3.18. The molecular formula is C23H31N5O5S. The van der Waals surface area contributed by atoms with Gasteiger partial charge in [-0.05, 0) is 31.9 Å². The van der Waals surface area contributed by atoms with Crippen LogP contribution in [-0.4, -0.2) is 52.1 Å². The normalized spacial score (nSPS) is 12.1. The number of hydrogen-bond acceptors (Lipinski definition) is 8. The number of aliphatic hydroxyl groups is 1. The average molecular weight is 490 g/mol. The van der Waals surface area contributed by atoms with Crippen LogP contribution < -0.4 is 14.2 Å². The zero-order chi connectivity index (χ0) is 24.9. The number of anilines is 1. The number of benzene rings is 1. The van der Waals surface area contributed by atoms with E-state index in [0.29, 0.717) is 36.0 Å². The summed E-state index contributed by atoms with van der Waals surface area (Å²) in [7, 11) is -2.33. The number of aromatic nitrogens is 4. The lowest BCUT2D eigenvalue weighted by atomic mass is 10.1. The van der Waals surface area contributed by atoms with Crippen molar-refractivity contribution in [1.29, 1.82) is 0 Å². The molecule has 0 fully saturated rings. The highest BCUT2D eigenvalue weighted by atomic mass is 32.2. The van der Waals surface area contributed by atoms with Crippen LogP contribution in [0.3, 0.4) is 0 Å². The number of nitrogens with one attached hydrogen (secondary N) is 1. The summed E-state index contributed by atoms with van der Waals surface area (Å²) in [4.78, 5) is 8.60. The van der Waals surface area contributed by atoms with Crippen molar-refractivity contribution in [2.45, 2.75) is 44.6 Å². The lowest BCUT2D eigenvalue weighted by molar-refractivity contribution is 0.0547. The van der Waals surface area contributed by atoms with Gasteiger partial charge in [-0.3, -0.25) is 4.68 Å². The Kier molecular flexibility index (Phi) is 7.78. The van der Waals surface area contributed by atoms with Gasteiger partial charge in [-0.1, -0.05) is 26.0 Å². The summed E-state index contributed by atoms with van der Waals surface area (Å²) in [5.41, 5.74) is 0.243. The molecule has 0 bridgehead atoms. The number of sulfonamides is 1. The summed E-state index contributed by atoms with van der Waals surface area (Å²) in [6, 6.07) is 8.96.